The lowest BCUT2D eigenvalue weighted by Gasteiger charge is -2.15. The maximum Gasteiger partial charge on any atom is 0.230 e. The lowest BCUT2D eigenvalue weighted by atomic mass is 10.3. The number of thiol groups is 1. The van der Waals surface area contributed by atoms with Gasteiger partial charge in [0.05, 0.1) is 15.5 Å². The molecule has 0 saturated heterocycles. The summed E-state index contributed by atoms with van der Waals surface area (Å²) in [5.41, 5.74) is -2.49. The second-order valence-corrected chi connectivity index (χ2v) is 3.84. The second-order valence-electron chi connectivity index (χ2n) is 1.88. The van der Waals surface area contributed by atoms with Crippen LogP contribution in [0.15, 0.2) is 0 Å². The Bertz CT molecular complexity index is 70.9. The minimum Gasteiger partial charge on any atom is -0.212 e. The Morgan fingerprint density at radius 2 is 2.12 bits per heavy atom. The standard InChI is InChI=1S/C4H10F2SSi/c1-2-3(7)4(5,6)8/h3,7H,2H2,1,8H3. The van der Waals surface area contributed by atoms with Crippen LogP contribution in [0.1, 0.15) is 13.3 Å². The van der Waals surface area contributed by atoms with E-state index in [4.69, 9.17) is 0 Å². The quantitative estimate of drug-likeness (QED) is 0.440. The van der Waals surface area contributed by atoms with Gasteiger partial charge in [0.15, 0.2) is 0 Å². The van der Waals surface area contributed by atoms with Gasteiger partial charge < -0.3 is 0 Å². The van der Waals surface area contributed by atoms with Gasteiger partial charge in [0, 0.05) is 0 Å². The first-order chi connectivity index (χ1) is 3.48. The van der Waals surface area contributed by atoms with E-state index in [0.717, 1.165) is 0 Å². The Kier molecular flexibility index (Phi) is 2.97. The van der Waals surface area contributed by atoms with Crippen molar-refractivity contribution in [2.45, 2.75) is 24.1 Å². The Labute approximate surface area is 56.5 Å². The molecule has 0 radical (unpaired) electrons. The fourth-order valence-electron chi connectivity index (χ4n) is 0.358. The third-order valence-corrected chi connectivity index (χ3v) is 2.97. The smallest absolute Gasteiger partial charge is 0.212 e. The number of hydrogen-bond acceptors (Lipinski definition) is 1. The predicted molar refractivity (Wildman–Crippen MR) is 38.0 cm³/mol. The normalized spacial score (nSPS) is 16.5. The SMILES string of the molecule is CCC(S)C(F)(F)[SiH3]. The summed E-state index contributed by atoms with van der Waals surface area (Å²) >= 11 is 3.70. The molecule has 0 aliphatic rings. The van der Waals surface area contributed by atoms with Crippen LogP contribution in [-0.2, 0) is 0 Å². The molecule has 0 aromatic heterocycles. The van der Waals surface area contributed by atoms with E-state index >= 15 is 0 Å². The van der Waals surface area contributed by atoms with Gasteiger partial charge >= 0.3 is 0 Å². The van der Waals surface area contributed by atoms with Crippen LogP contribution in [0.2, 0.25) is 0 Å². The Balaban J connectivity index is 3.62. The molecule has 0 heterocycles. The molecule has 0 fully saturated rings. The van der Waals surface area contributed by atoms with E-state index in [2.05, 4.69) is 12.6 Å². The molecule has 8 heavy (non-hydrogen) atoms. The number of halogens is 2. The zero-order chi connectivity index (χ0) is 6.78. The summed E-state index contributed by atoms with van der Waals surface area (Å²) in [6.45, 7) is 1.71. The van der Waals surface area contributed by atoms with Crippen molar-refractivity contribution in [3.05, 3.63) is 0 Å². The molecule has 0 bridgehead atoms. The van der Waals surface area contributed by atoms with Gasteiger partial charge in [-0.3, -0.25) is 0 Å². The number of hydrogen-bond donors (Lipinski definition) is 1. The highest BCUT2D eigenvalue weighted by Crippen LogP contribution is 2.20. The van der Waals surface area contributed by atoms with Crippen LogP contribution in [0.5, 0.6) is 0 Å². The van der Waals surface area contributed by atoms with E-state index in [9.17, 15) is 8.78 Å². The van der Waals surface area contributed by atoms with Crippen molar-refractivity contribution in [1.29, 1.82) is 0 Å². The van der Waals surface area contributed by atoms with Crippen molar-refractivity contribution in [2.75, 3.05) is 0 Å². The fourth-order valence-corrected chi connectivity index (χ4v) is 0.767. The summed E-state index contributed by atoms with van der Waals surface area (Å²) < 4.78 is 24.2. The van der Waals surface area contributed by atoms with Gasteiger partial charge in [-0.2, -0.15) is 12.6 Å². The summed E-state index contributed by atoms with van der Waals surface area (Å²) in [5, 5.41) is -0.728. The highest BCUT2D eigenvalue weighted by molar-refractivity contribution is 7.81. The first kappa shape index (κ1) is 8.43. The zero-order valence-electron chi connectivity index (χ0n) is 4.99. The van der Waals surface area contributed by atoms with Gasteiger partial charge in [0.2, 0.25) is 5.55 Å². The number of rotatable bonds is 2. The molecule has 0 aliphatic heterocycles. The first-order valence-electron chi connectivity index (χ1n) is 2.54. The first-order valence-corrected chi connectivity index (χ1v) is 4.06. The van der Waals surface area contributed by atoms with Crippen LogP contribution in [0, 0.1) is 0 Å². The number of alkyl halides is 2. The highest BCUT2D eigenvalue weighted by Gasteiger charge is 2.28. The largest absolute Gasteiger partial charge is 0.230 e. The second kappa shape index (κ2) is 2.82. The van der Waals surface area contributed by atoms with E-state index in [0.29, 0.717) is 6.42 Å². The van der Waals surface area contributed by atoms with Crippen molar-refractivity contribution in [3.8, 4) is 0 Å². The van der Waals surface area contributed by atoms with Gasteiger partial charge in [-0.1, -0.05) is 6.92 Å². The van der Waals surface area contributed by atoms with Gasteiger partial charge in [0.1, 0.15) is 0 Å². The monoisotopic (exact) mass is 156 g/mol. The summed E-state index contributed by atoms with van der Waals surface area (Å²) in [7, 11) is -0.0882. The highest BCUT2D eigenvalue weighted by atomic mass is 32.1. The van der Waals surface area contributed by atoms with Crippen LogP contribution in [0.4, 0.5) is 8.78 Å². The maximum atomic E-state index is 12.1. The molecule has 0 aromatic rings. The maximum absolute atomic E-state index is 12.1. The minimum absolute atomic E-state index is 0.0882. The van der Waals surface area contributed by atoms with Crippen LogP contribution in [-0.4, -0.2) is 21.0 Å². The molecule has 0 rings (SSSR count). The van der Waals surface area contributed by atoms with E-state index in [1.807, 2.05) is 0 Å². The Morgan fingerprint density at radius 3 is 2.12 bits per heavy atom. The predicted octanol–water partition coefficient (Wildman–Crippen LogP) is 0.653. The van der Waals surface area contributed by atoms with Crippen LogP contribution in [0.25, 0.3) is 0 Å². The molecule has 4 heteroatoms. The average molecular weight is 156 g/mol. The van der Waals surface area contributed by atoms with Gasteiger partial charge in [-0.05, 0) is 6.42 Å². The van der Waals surface area contributed by atoms with Crippen molar-refractivity contribution in [3.63, 3.8) is 0 Å². The van der Waals surface area contributed by atoms with Crippen molar-refractivity contribution in [1.82, 2.24) is 0 Å². The average Bonchev–Trinajstić information content (AvgIpc) is 1.62. The molecule has 0 amide bonds. The summed E-state index contributed by atoms with van der Waals surface area (Å²) in [5.74, 6) is 0. The molecule has 1 unspecified atom stereocenters. The molecule has 0 aromatic carbocycles. The molecule has 0 aliphatic carbocycles. The zero-order valence-corrected chi connectivity index (χ0v) is 7.88. The molecule has 50 valence electrons. The molecule has 0 N–H and O–H groups in total. The van der Waals surface area contributed by atoms with Gasteiger partial charge in [-0.15, -0.1) is 0 Å². The molecular formula is C4H10F2SSi. The van der Waals surface area contributed by atoms with Crippen molar-refractivity contribution >= 4 is 22.9 Å². The molecule has 1 atom stereocenters. The topological polar surface area (TPSA) is 0 Å². The van der Waals surface area contributed by atoms with Crippen LogP contribution < -0.4 is 0 Å². The third-order valence-electron chi connectivity index (χ3n) is 0.972. The molecule has 0 saturated carbocycles. The third kappa shape index (κ3) is 2.67. The molecule has 0 spiro atoms. The lowest BCUT2D eigenvalue weighted by Crippen LogP contribution is -2.28. The van der Waals surface area contributed by atoms with Gasteiger partial charge in [-0.25, -0.2) is 8.78 Å². The summed E-state index contributed by atoms with van der Waals surface area (Å²) in [6, 6.07) is 0. The van der Waals surface area contributed by atoms with E-state index in [1.54, 1.807) is 6.92 Å². The van der Waals surface area contributed by atoms with E-state index in [-0.39, 0.29) is 10.2 Å². The van der Waals surface area contributed by atoms with Crippen molar-refractivity contribution < 1.29 is 8.78 Å². The fraction of sp³-hybridized carbons (Fsp3) is 1.00. The summed E-state index contributed by atoms with van der Waals surface area (Å²) in [4.78, 5) is 0. The Morgan fingerprint density at radius 1 is 1.75 bits per heavy atom. The molecular weight excluding hydrogens is 146 g/mol. The molecule has 0 nitrogen and oxygen atoms in total. The van der Waals surface area contributed by atoms with Crippen molar-refractivity contribution in [2.24, 2.45) is 0 Å². The van der Waals surface area contributed by atoms with Gasteiger partial charge in [0.25, 0.3) is 0 Å². The van der Waals surface area contributed by atoms with Crippen LogP contribution >= 0.6 is 12.6 Å². The lowest BCUT2D eigenvalue weighted by molar-refractivity contribution is 0.0918. The van der Waals surface area contributed by atoms with E-state index < -0.39 is 10.8 Å². The van der Waals surface area contributed by atoms with Crippen LogP contribution in [0.3, 0.4) is 0 Å². The summed E-state index contributed by atoms with van der Waals surface area (Å²) in [6.07, 6.45) is 0.444. The van der Waals surface area contributed by atoms with E-state index in [1.165, 1.54) is 0 Å². The minimum atomic E-state index is -2.49. The Hall–Kier alpha value is 0.427.